The maximum absolute atomic E-state index is 4.56. The van der Waals surface area contributed by atoms with Crippen LogP contribution in [0, 0.1) is 0 Å². The summed E-state index contributed by atoms with van der Waals surface area (Å²) in [6.07, 6.45) is 8.45. The molecule has 0 radical (unpaired) electrons. The van der Waals surface area contributed by atoms with Crippen LogP contribution in [-0.2, 0) is 5.54 Å². The molecular formula is C18H38B2N6. The highest BCUT2D eigenvalue weighted by atomic mass is 15.6. The number of likely N-dealkylation sites (N-methyl/N-ethyl adjacent to an activating group) is 1. The van der Waals surface area contributed by atoms with E-state index in [0.717, 1.165) is 12.5 Å². The van der Waals surface area contributed by atoms with Gasteiger partial charge in [0.25, 0.3) is 6.98 Å². The lowest BCUT2D eigenvalue weighted by atomic mass is 9.56. The Balaban J connectivity index is 0.000000758. The van der Waals surface area contributed by atoms with Crippen LogP contribution in [0.15, 0.2) is 6.33 Å². The van der Waals surface area contributed by atoms with Crippen LogP contribution in [-0.4, -0.2) is 58.0 Å². The van der Waals surface area contributed by atoms with Gasteiger partial charge in [0.1, 0.15) is 6.33 Å². The van der Waals surface area contributed by atoms with Crippen molar-refractivity contribution in [1.82, 2.24) is 24.3 Å². The fraction of sp³-hybridized carbons (Fsp3) is 0.889. The monoisotopic (exact) mass is 360 g/mol. The molecule has 1 aromatic rings. The number of unbranched alkanes of at least 4 members (excludes halogenated alkanes) is 3. The van der Waals surface area contributed by atoms with Crippen molar-refractivity contribution in [2.75, 3.05) is 18.4 Å². The zero-order valence-electron chi connectivity index (χ0n) is 18.2. The van der Waals surface area contributed by atoms with Crippen LogP contribution in [0.25, 0.3) is 0 Å². The van der Waals surface area contributed by atoms with Gasteiger partial charge in [0, 0.05) is 0 Å². The van der Waals surface area contributed by atoms with E-state index in [1.807, 2.05) is 0 Å². The summed E-state index contributed by atoms with van der Waals surface area (Å²) in [6.45, 7) is 17.6. The third-order valence-corrected chi connectivity index (χ3v) is 5.81. The Hall–Kier alpha value is -1.01. The summed E-state index contributed by atoms with van der Waals surface area (Å²) < 4.78 is 4.70. The summed E-state index contributed by atoms with van der Waals surface area (Å²) in [4.78, 5) is 9.49. The molecule has 26 heavy (non-hydrogen) atoms. The molecule has 0 N–H and O–H groups in total. The van der Waals surface area contributed by atoms with E-state index in [0.29, 0.717) is 20.1 Å². The largest absolute Gasteiger partial charge is 0.354 e. The zero-order valence-corrected chi connectivity index (χ0v) is 18.2. The van der Waals surface area contributed by atoms with Crippen molar-refractivity contribution in [1.29, 1.82) is 0 Å². The Kier molecular flexibility index (Phi) is 7.19. The van der Waals surface area contributed by atoms with Crippen molar-refractivity contribution in [2.24, 2.45) is 0 Å². The van der Waals surface area contributed by atoms with E-state index in [1.54, 1.807) is 6.33 Å². The predicted octanol–water partition coefficient (Wildman–Crippen LogP) is 3.64. The Bertz CT molecular complexity index is 564. The first-order chi connectivity index (χ1) is 12.3. The third-order valence-electron chi connectivity index (χ3n) is 5.81. The first-order valence-corrected chi connectivity index (χ1v) is 10.5. The number of fused-ring (bicyclic) bond motifs is 3. The van der Waals surface area contributed by atoms with Gasteiger partial charge in [0.05, 0.1) is 11.7 Å². The average molecular weight is 360 g/mol. The summed E-state index contributed by atoms with van der Waals surface area (Å²) in [6, 6.07) is 0. The molecular weight excluding hydrogens is 322 g/mol. The number of anilines is 1. The van der Waals surface area contributed by atoms with E-state index in [1.165, 1.54) is 32.1 Å². The maximum Gasteiger partial charge on any atom is 0.333 e. The van der Waals surface area contributed by atoms with Gasteiger partial charge in [0.2, 0.25) is 5.95 Å². The van der Waals surface area contributed by atoms with Crippen LogP contribution in [0.1, 0.15) is 66.7 Å². The molecule has 1 unspecified atom stereocenters. The van der Waals surface area contributed by atoms with Crippen LogP contribution >= 0.6 is 0 Å². The molecule has 0 saturated carbocycles. The highest BCUT2D eigenvalue weighted by molar-refractivity contribution is 6.73. The Morgan fingerprint density at radius 3 is 2.35 bits per heavy atom. The first-order valence-electron chi connectivity index (χ1n) is 10.5. The van der Waals surface area contributed by atoms with E-state index in [-0.39, 0.29) is 5.54 Å². The van der Waals surface area contributed by atoms with Crippen molar-refractivity contribution in [3.05, 3.63) is 6.33 Å². The fourth-order valence-electron chi connectivity index (χ4n) is 4.45. The highest BCUT2D eigenvalue weighted by Crippen LogP contribution is 2.41. The van der Waals surface area contributed by atoms with Crippen LogP contribution in [0.5, 0.6) is 0 Å². The minimum Gasteiger partial charge on any atom is -0.354 e. The van der Waals surface area contributed by atoms with Crippen molar-refractivity contribution >= 4 is 19.9 Å². The topological polar surface area (TPSA) is 40.4 Å². The Labute approximate surface area is 161 Å². The second kappa shape index (κ2) is 8.79. The van der Waals surface area contributed by atoms with Gasteiger partial charge in [-0.3, -0.25) is 0 Å². The van der Waals surface area contributed by atoms with Gasteiger partial charge < -0.3 is 14.3 Å². The van der Waals surface area contributed by atoms with Gasteiger partial charge in [-0.05, 0) is 33.9 Å². The van der Waals surface area contributed by atoms with Gasteiger partial charge in [-0.15, -0.1) is 0 Å². The van der Waals surface area contributed by atoms with Gasteiger partial charge >= 0.3 is 6.98 Å². The molecule has 3 rings (SSSR count). The van der Waals surface area contributed by atoms with Crippen LogP contribution in [0.2, 0.25) is 13.6 Å². The number of nitrogens with zero attached hydrogens (tertiary/aromatic N) is 6. The second-order valence-electron chi connectivity index (χ2n) is 8.34. The van der Waals surface area contributed by atoms with Gasteiger partial charge in [-0.25, -0.2) is 9.67 Å². The van der Waals surface area contributed by atoms with Crippen LogP contribution in [0.4, 0.5) is 5.95 Å². The lowest BCUT2D eigenvalue weighted by Gasteiger charge is -2.53. The molecule has 0 bridgehead atoms. The third kappa shape index (κ3) is 3.68. The smallest absolute Gasteiger partial charge is 0.333 e. The number of hydrogen-bond acceptors (Lipinski definition) is 5. The summed E-state index contributed by atoms with van der Waals surface area (Å²) in [5.74, 6) is 1.00. The summed E-state index contributed by atoms with van der Waals surface area (Å²) >= 11 is 0. The normalized spacial score (nSPS) is 22.2. The van der Waals surface area contributed by atoms with Crippen molar-refractivity contribution in [2.45, 2.75) is 92.1 Å². The van der Waals surface area contributed by atoms with Crippen molar-refractivity contribution < 1.29 is 0 Å². The molecule has 1 fully saturated rings. The van der Waals surface area contributed by atoms with Gasteiger partial charge in [0.15, 0.2) is 0 Å². The molecule has 8 heteroatoms. The number of aromatic nitrogens is 3. The SMILES string of the molecule is CCC.CCCCCCN1B(C)N(C)C2N(B1C)c1ncnn1C2(C)C. The molecule has 0 spiro atoms. The Morgan fingerprint density at radius 2 is 1.73 bits per heavy atom. The minimum absolute atomic E-state index is 0.0720. The molecule has 0 amide bonds. The summed E-state index contributed by atoms with van der Waals surface area (Å²) in [7, 11) is 2.24. The highest BCUT2D eigenvalue weighted by Gasteiger charge is 2.57. The quantitative estimate of drug-likeness (QED) is 0.592. The molecule has 2 aliphatic rings. The molecule has 1 saturated heterocycles. The summed E-state index contributed by atoms with van der Waals surface area (Å²) in [5, 5.41) is 4.50. The number of hydrogen-bond donors (Lipinski definition) is 0. The van der Waals surface area contributed by atoms with Crippen LogP contribution in [0.3, 0.4) is 0 Å². The minimum atomic E-state index is -0.0720. The van der Waals surface area contributed by atoms with Gasteiger partial charge in [-0.2, -0.15) is 5.10 Å². The van der Waals surface area contributed by atoms with Gasteiger partial charge in [-0.1, -0.05) is 60.1 Å². The van der Waals surface area contributed by atoms with Crippen molar-refractivity contribution in [3.63, 3.8) is 0 Å². The lowest BCUT2D eigenvalue weighted by Crippen LogP contribution is -2.75. The molecule has 0 aliphatic carbocycles. The van der Waals surface area contributed by atoms with E-state index >= 15 is 0 Å². The Morgan fingerprint density at radius 1 is 1.08 bits per heavy atom. The molecule has 2 aliphatic heterocycles. The molecule has 3 heterocycles. The maximum atomic E-state index is 4.56. The molecule has 1 aromatic heterocycles. The van der Waals surface area contributed by atoms with Crippen molar-refractivity contribution in [3.8, 4) is 0 Å². The molecule has 146 valence electrons. The predicted molar refractivity (Wildman–Crippen MR) is 113 cm³/mol. The van der Waals surface area contributed by atoms with E-state index < -0.39 is 0 Å². The molecule has 1 atom stereocenters. The van der Waals surface area contributed by atoms with E-state index in [4.69, 9.17) is 0 Å². The number of rotatable bonds is 5. The molecule has 6 nitrogen and oxygen atoms in total. The van der Waals surface area contributed by atoms with E-state index in [2.05, 4.69) is 84.4 Å². The van der Waals surface area contributed by atoms with Crippen LogP contribution < -0.4 is 4.81 Å². The zero-order chi connectivity index (χ0) is 19.5. The summed E-state index contributed by atoms with van der Waals surface area (Å²) in [5.41, 5.74) is -0.0720. The fourth-order valence-corrected chi connectivity index (χ4v) is 4.45. The van der Waals surface area contributed by atoms with E-state index in [9.17, 15) is 0 Å². The second-order valence-corrected chi connectivity index (χ2v) is 8.34. The molecule has 0 aromatic carbocycles. The first kappa shape index (κ1) is 21.3. The lowest BCUT2D eigenvalue weighted by molar-refractivity contribution is 0.190. The average Bonchev–Trinajstić information content (AvgIpc) is 3.14. The standard InChI is InChI=1S/C15H30B2N6.C3H8/c1-7-8-9-10-11-21-16(4)20(6)13-15(2,3)23-14(18-12-19-23)22(13)17(21)5;1-3-2/h12-13H,7-11H2,1-6H3;3H2,1-2H3.